The second-order valence-corrected chi connectivity index (χ2v) is 6.49. The zero-order valence-electron chi connectivity index (χ0n) is 14.5. The maximum atomic E-state index is 12.3. The molecule has 1 aromatic carbocycles. The fraction of sp³-hybridized carbons (Fsp3) is 0.389. The molecular formula is C18H23N3O3S. The highest BCUT2D eigenvalue weighted by molar-refractivity contribution is 7.13. The number of hydrogen-bond acceptors (Lipinski definition) is 5. The second-order valence-electron chi connectivity index (χ2n) is 5.63. The number of amides is 2. The minimum absolute atomic E-state index is 0.0431. The van der Waals surface area contributed by atoms with Crippen molar-refractivity contribution in [2.45, 2.75) is 12.8 Å². The summed E-state index contributed by atoms with van der Waals surface area (Å²) >= 11 is 1.51. The largest absolute Gasteiger partial charge is 0.385 e. The van der Waals surface area contributed by atoms with Gasteiger partial charge in [-0.15, -0.1) is 11.3 Å². The molecule has 134 valence electrons. The second kappa shape index (κ2) is 9.90. The van der Waals surface area contributed by atoms with Crippen molar-refractivity contribution >= 4 is 23.2 Å². The number of carbonyl (C=O) groups is 2. The smallest absolute Gasteiger partial charge is 0.239 e. The monoisotopic (exact) mass is 361 g/mol. The van der Waals surface area contributed by atoms with E-state index in [1.54, 1.807) is 14.2 Å². The third-order valence-corrected chi connectivity index (χ3v) is 4.50. The van der Waals surface area contributed by atoms with Gasteiger partial charge in [0.2, 0.25) is 11.8 Å². The van der Waals surface area contributed by atoms with Crippen LogP contribution in [0.5, 0.6) is 0 Å². The first-order valence-electron chi connectivity index (χ1n) is 8.09. The SMILES string of the molecule is COCCCNC(=O)CN(C)C(=O)Cc1csc(-c2ccccc2)n1. The van der Waals surface area contributed by atoms with E-state index < -0.39 is 0 Å². The van der Waals surface area contributed by atoms with Gasteiger partial charge in [0.15, 0.2) is 0 Å². The average molecular weight is 361 g/mol. The van der Waals surface area contributed by atoms with Gasteiger partial charge in [-0.1, -0.05) is 30.3 Å². The average Bonchev–Trinajstić information content (AvgIpc) is 3.08. The van der Waals surface area contributed by atoms with Gasteiger partial charge in [0.05, 0.1) is 18.7 Å². The van der Waals surface area contributed by atoms with E-state index >= 15 is 0 Å². The molecule has 0 aliphatic rings. The van der Waals surface area contributed by atoms with Gasteiger partial charge in [0, 0.05) is 38.3 Å². The van der Waals surface area contributed by atoms with Crippen LogP contribution in [-0.4, -0.2) is 55.6 Å². The van der Waals surface area contributed by atoms with Crippen LogP contribution < -0.4 is 5.32 Å². The molecule has 2 amide bonds. The van der Waals surface area contributed by atoms with Crippen LogP contribution in [0.1, 0.15) is 12.1 Å². The van der Waals surface area contributed by atoms with Crippen molar-refractivity contribution in [3.63, 3.8) is 0 Å². The maximum absolute atomic E-state index is 12.3. The van der Waals surface area contributed by atoms with Gasteiger partial charge in [-0.05, 0) is 6.42 Å². The lowest BCUT2D eigenvalue weighted by Crippen LogP contribution is -2.39. The molecule has 0 spiro atoms. The Morgan fingerprint density at radius 2 is 2.04 bits per heavy atom. The summed E-state index contributed by atoms with van der Waals surface area (Å²) in [5.41, 5.74) is 1.76. The van der Waals surface area contributed by atoms with E-state index in [9.17, 15) is 9.59 Å². The predicted octanol–water partition coefficient (Wildman–Crippen LogP) is 1.96. The van der Waals surface area contributed by atoms with Crippen LogP contribution >= 0.6 is 11.3 Å². The highest BCUT2D eigenvalue weighted by Gasteiger charge is 2.15. The van der Waals surface area contributed by atoms with Crippen LogP contribution in [0.15, 0.2) is 35.7 Å². The van der Waals surface area contributed by atoms with E-state index in [1.165, 1.54) is 16.2 Å². The Kier molecular flexibility index (Phi) is 7.56. The highest BCUT2D eigenvalue weighted by atomic mass is 32.1. The van der Waals surface area contributed by atoms with E-state index in [0.717, 1.165) is 22.7 Å². The Bertz CT molecular complexity index is 688. The van der Waals surface area contributed by atoms with Gasteiger partial charge in [-0.3, -0.25) is 9.59 Å². The van der Waals surface area contributed by atoms with E-state index in [0.29, 0.717) is 13.2 Å². The molecule has 1 aromatic heterocycles. The molecule has 6 nitrogen and oxygen atoms in total. The molecular weight excluding hydrogens is 338 g/mol. The lowest BCUT2D eigenvalue weighted by atomic mass is 10.2. The highest BCUT2D eigenvalue weighted by Crippen LogP contribution is 2.23. The van der Waals surface area contributed by atoms with Gasteiger partial charge in [0.25, 0.3) is 0 Å². The molecule has 7 heteroatoms. The minimum atomic E-state index is -0.171. The van der Waals surface area contributed by atoms with Crippen LogP contribution in [0.4, 0.5) is 0 Å². The molecule has 0 aliphatic heterocycles. The molecule has 0 atom stereocenters. The first-order valence-corrected chi connectivity index (χ1v) is 8.97. The summed E-state index contributed by atoms with van der Waals surface area (Å²) < 4.78 is 4.92. The molecule has 1 N–H and O–H groups in total. The summed E-state index contributed by atoms with van der Waals surface area (Å²) in [5.74, 6) is -0.299. The molecule has 0 bridgehead atoms. The van der Waals surface area contributed by atoms with Crippen LogP contribution in [0.25, 0.3) is 10.6 Å². The van der Waals surface area contributed by atoms with Gasteiger partial charge in [0.1, 0.15) is 5.01 Å². The number of nitrogens with zero attached hydrogens (tertiary/aromatic N) is 2. The van der Waals surface area contributed by atoms with Gasteiger partial charge in [-0.25, -0.2) is 4.98 Å². The number of carbonyl (C=O) groups excluding carboxylic acids is 2. The van der Waals surface area contributed by atoms with Gasteiger partial charge in [-0.2, -0.15) is 0 Å². The fourth-order valence-corrected chi connectivity index (χ4v) is 3.02. The zero-order valence-corrected chi connectivity index (χ0v) is 15.3. The summed E-state index contributed by atoms with van der Waals surface area (Å²) in [6.45, 7) is 1.19. The number of nitrogens with one attached hydrogen (secondary N) is 1. The quantitative estimate of drug-likeness (QED) is 0.693. The van der Waals surface area contributed by atoms with Gasteiger partial charge < -0.3 is 15.0 Å². The third-order valence-electron chi connectivity index (χ3n) is 3.56. The number of thiazole rings is 1. The summed E-state index contributed by atoms with van der Waals surface area (Å²) in [4.78, 5) is 30.0. The van der Waals surface area contributed by atoms with E-state index in [2.05, 4.69) is 10.3 Å². The topological polar surface area (TPSA) is 71.5 Å². The van der Waals surface area contributed by atoms with Crippen molar-refractivity contribution in [2.24, 2.45) is 0 Å². The number of ether oxygens (including phenoxy) is 1. The van der Waals surface area contributed by atoms with Crippen molar-refractivity contribution < 1.29 is 14.3 Å². The Hall–Kier alpha value is -2.25. The Labute approximate surface area is 151 Å². The van der Waals surface area contributed by atoms with Crippen LogP contribution in [0.2, 0.25) is 0 Å². The zero-order chi connectivity index (χ0) is 18.1. The van der Waals surface area contributed by atoms with E-state index in [4.69, 9.17) is 4.74 Å². The number of hydrogen-bond donors (Lipinski definition) is 1. The molecule has 0 saturated heterocycles. The number of likely N-dealkylation sites (N-methyl/N-ethyl adjacent to an activating group) is 1. The summed E-state index contributed by atoms with van der Waals surface area (Å²) in [6.07, 6.45) is 0.942. The normalized spacial score (nSPS) is 10.5. The first kappa shape index (κ1) is 19.1. The molecule has 0 aliphatic carbocycles. The summed E-state index contributed by atoms with van der Waals surface area (Å²) in [6, 6.07) is 9.85. The van der Waals surface area contributed by atoms with E-state index in [1.807, 2.05) is 35.7 Å². The molecule has 1 heterocycles. The van der Waals surface area contributed by atoms with Crippen molar-refractivity contribution in [3.05, 3.63) is 41.4 Å². The number of benzene rings is 1. The van der Waals surface area contributed by atoms with Crippen molar-refractivity contribution in [3.8, 4) is 10.6 Å². The van der Waals surface area contributed by atoms with Crippen molar-refractivity contribution in [1.82, 2.24) is 15.2 Å². The lowest BCUT2D eigenvalue weighted by molar-refractivity contribution is -0.134. The number of methoxy groups -OCH3 is 1. The minimum Gasteiger partial charge on any atom is -0.385 e. The number of rotatable bonds is 9. The Balaban J connectivity index is 1.81. The summed E-state index contributed by atoms with van der Waals surface area (Å²) in [7, 11) is 3.25. The summed E-state index contributed by atoms with van der Waals surface area (Å²) in [5, 5.41) is 5.54. The third kappa shape index (κ3) is 6.28. The Morgan fingerprint density at radius 1 is 1.28 bits per heavy atom. The molecule has 2 rings (SSSR count). The lowest BCUT2D eigenvalue weighted by Gasteiger charge is -2.16. The first-order chi connectivity index (χ1) is 12.1. The van der Waals surface area contributed by atoms with Gasteiger partial charge >= 0.3 is 0 Å². The van der Waals surface area contributed by atoms with Crippen LogP contribution in [0.3, 0.4) is 0 Å². The standard InChI is InChI=1S/C18H23N3O3S/c1-21(12-16(22)19-9-6-10-24-2)17(23)11-15-13-25-18(20-15)14-7-4-3-5-8-14/h3-5,7-8,13H,6,9-12H2,1-2H3,(H,19,22). The van der Waals surface area contributed by atoms with Crippen molar-refractivity contribution in [2.75, 3.05) is 33.9 Å². The number of aromatic nitrogens is 1. The van der Waals surface area contributed by atoms with Crippen LogP contribution in [-0.2, 0) is 20.7 Å². The Morgan fingerprint density at radius 3 is 2.76 bits per heavy atom. The molecule has 25 heavy (non-hydrogen) atoms. The maximum Gasteiger partial charge on any atom is 0.239 e. The van der Waals surface area contributed by atoms with Crippen LogP contribution in [0, 0.1) is 0 Å². The molecule has 2 aromatic rings. The predicted molar refractivity (Wildman–Crippen MR) is 98.4 cm³/mol. The molecule has 0 unspecified atom stereocenters. The molecule has 0 radical (unpaired) electrons. The molecule has 0 saturated carbocycles. The van der Waals surface area contributed by atoms with Crippen molar-refractivity contribution in [1.29, 1.82) is 0 Å². The van der Waals surface area contributed by atoms with E-state index in [-0.39, 0.29) is 24.8 Å². The fourth-order valence-electron chi connectivity index (χ4n) is 2.20. The molecule has 0 fully saturated rings.